The molecule has 4 rings (SSSR count). The second-order valence-electron chi connectivity index (χ2n) is 6.24. The van der Waals surface area contributed by atoms with E-state index < -0.39 is 0 Å². The van der Waals surface area contributed by atoms with Crippen molar-refractivity contribution in [3.05, 3.63) is 83.3 Å². The van der Waals surface area contributed by atoms with Gasteiger partial charge >= 0.3 is 0 Å². The highest BCUT2D eigenvalue weighted by molar-refractivity contribution is 7.99. The number of nitrogens with zero attached hydrogens (tertiary/aromatic N) is 2. The number of rotatable bonds is 7. The zero-order valence-electron chi connectivity index (χ0n) is 15.0. The molecule has 1 N–H and O–H groups in total. The first-order chi connectivity index (χ1) is 13.7. The third-order valence-corrected chi connectivity index (χ3v) is 5.44. The third kappa shape index (κ3) is 4.40. The monoisotopic (exact) mass is 411 g/mol. The van der Waals surface area contributed by atoms with Crippen molar-refractivity contribution in [3.8, 4) is 0 Å². The Morgan fingerprint density at radius 2 is 2.00 bits per heavy atom. The van der Waals surface area contributed by atoms with Gasteiger partial charge in [0.25, 0.3) is 0 Å². The predicted molar refractivity (Wildman–Crippen MR) is 112 cm³/mol. The molecule has 0 radical (unpaired) electrons. The molecule has 0 aliphatic carbocycles. The van der Waals surface area contributed by atoms with E-state index in [4.69, 9.17) is 21.0 Å². The van der Waals surface area contributed by atoms with Gasteiger partial charge in [-0.3, -0.25) is 4.79 Å². The van der Waals surface area contributed by atoms with Crippen LogP contribution in [0.2, 0.25) is 5.02 Å². The SMILES string of the molecule is O=C(CSc1nc2cc(Cl)ccc2n1Cc1ccccc1)NCc1ccco1. The minimum atomic E-state index is -0.0715. The molecule has 0 bridgehead atoms. The smallest absolute Gasteiger partial charge is 0.230 e. The Bertz CT molecular complexity index is 1080. The van der Waals surface area contributed by atoms with Crippen LogP contribution in [-0.2, 0) is 17.9 Å². The number of fused-ring (bicyclic) bond motifs is 1. The third-order valence-electron chi connectivity index (χ3n) is 4.23. The predicted octanol–water partition coefficient (Wildman–Crippen LogP) is 4.74. The quantitative estimate of drug-likeness (QED) is 0.446. The lowest BCUT2D eigenvalue weighted by Crippen LogP contribution is -2.24. The van der Waals surface area contributed by atoms with E-state index in [2.05, 4.69) is 22.0 Å². The van der Waals surface area contributed by atoms with E-state index in [1.165, 1.54) is 17.3 Å². The van der Waals surface area contributed by atoms with Crippen LogP contribution in [0.25, 0.3) is 11.0 Å². The van der Waals surface area contributed by atoms with E-state index in [1.54, 1.807) is 12.3 Å². The molecule has 2 aromatic carbocycles. The Labute approximate surface area is 171 Å². The van der Waals surface area contributed by atoms with Crippen LogP contribution in [0, 0.1) is 0 Å². The second-order valence-corrected chi connectivity index (χ2v) is 7.62. The summed E-state index contributed by atoms with van der Waals surface area (Å²) in [7, 11) is 0. The summed E-state index contributed by atoms with van der Waals surface area (Å²) in [5, 5.41) is 4.29. The van der Waals surface area contributed by atoms with Gasteiger partial charge in [0.05, 0.1) is 36.1 Å². The standard InChI is InChI=1S/C21H18ClN3O2S/c22-16-8-9-19-18(11-16)24-21(25(19)13-15-5-2-1-3-6-15)28-14-20(26)23-12-17-7-4-10-27-17/h1-11H,12-14H2,(H,23,26). The first-order valence-electron chi connectivity index (χ1n) is 8.80. The average Bonchev–Trinajstić information content (AvgIpc) is 3.33. The molecule has 0 unspecified atom stereocenters. The van der Waals surface area contributed by atoms with Gasteiger partial charge in [-0.15, -0.1) is 0 Å². The van der Waals surface area contributed by atoms with Gasteiger partial charge in [0, 0.05) is 5.02 Å². The van der Waals surface area contributed by atoms with Crippen molar-refractivity contribution < 1.29 is 9.21 Å². The number of imidazole rings is 1. The van der Waals surface area contributed by atoms with Gasteiger partial charge in [-0.1, -0.05) is 53.7 Å². The second kappa shape index (κ2) is 8.54. The fraction of sp³-hybridized carbons (Fsp3) is 0.143. The van der Waals surface area contributed by atoms with E-state index in [-0.39, 0.29) is 11.7 Å². The first kappa shape index (κ1) is 18.7. The number of carbonyl (C=O) groups excluding carboxylic acids is 1. The zero-order valence-corrected chi connectivity index (χ0v) is 16.5. The molecule has 142 valence electrons. The topological polar surface area (TPSA) is 60.1 Å². The summed E-state index contributed by atoms with van der Waals surface area (Å²) in [5.41, 5.74) is 2.98. The molecule has 0 saturated carbocycles. The van der Waals surface area contributed by atoms with Gasteiger partial charge in [0.2, 0.25) is 5.91 Å². The maximum atomic E-state index is 12.2. The molecule has 28 heavy (non-hydrogen) atoms. The van der Waals surface area contributed by atoms with Crippen molar-refractivity contribution >= 4 is 40.3 Å². The number of furan rings is 1. The highest BCUT2D eigenvalue weighted by Crippen LogP contribution is 2.27. The highest BCUT2D eigenvalue weighted by atomic mass is 35.5. The van der Waals surface area contributed by atoms with Crippen LogP contribution in [0.1, 0.15) is 11.3 Å². The summed E-state index contributed by atoms with van der Waals surface area (Å²) in [6.07, 6.45) is 1.59. The largest absolute Gasteiger partial charge is 0.467 e. The van der Waals surface area contributed by atoms with Crippen LogP contribution in [0.3, 0.4) is 0 Å². The molecule has 0 fully saturated rings. The molecule has 2 aromatic heterocycles. The molecule has 2 heterocycles. The minimum Gasteiger partial charge on any atom is -0.467 e. The summed E-state index contributed by atoms with van der Waals surface area (Å²) in [6.45, 7) is 1.05. The number of hydrogen-bond donors (Lipinski definition) is 1. The van der Waals surface area contributed by atoms with Crippen molar-refractivity contribution in [2.75, 3.05) is 5.75 Å². The molecule has 0 atom stereocenters. The Kier molecular flexibility index (Phi) is 5.69. The van der Waals surface area contributed by atoms with Crippen LogP contribution in [0.5, 0.6) is 0 Å². The van der Waals surface area contributed by atoms with Crippen molar-refractivity contribution in [2.24, 2.45) is 0 Å². The van der Waals surface area contributed by atoms with Crippen LogP contribution in [-0.4, -0.2) is 21.2 Å². The van der Waals surface area contributed by atoms with Crippen LogP contribution in [0.4, 0.5) is 0 Å². The van der Waals surface area contributed by atoms with E-state index in [1.807, 2.05) is 42.5 Å². The number of aromatic nitrogens is 2. The van der Waals surface area contributed by atoms with Gasteiger partial charge in [0.15, 0.2) is 5.16 Å². The zero-order chi connectivity index (χ0) is 19.3. The fourth-order valence-corrected chi connectivity index (χ4v) is 3.90. The normalized spacial score (nSPS) is 11.0. The van der Waals surface area contributed by atoms with Crippen molar-refractivity contribution in [1.29, 1.82) is 0 Å². The Balaban J connectivity index is 1.51. The number of halogens is 1. The minimum absolute atomic E-state index is 0.0715. The first-order valence-corrected chi connectivity index (χ1v) is 10.2. The lowest BCUT2D eigenvalue weighted by molar-refractivity contribution is -0.118. The molecule has 4 aromatic rings. The number of hydrogen-bond acceptors (Lipinski definition) is 4. The van der Waals surface area contributed by atoms with Gasteiger partial charge in [-0.05, 0) is 35.9 Å². The average molecular weight is 412 g/mol. The van der Waals surface area contributed by atoms with Crippen molar-refractivity contribution in [3.63, 3.8) is 0 Å². The Morgan fingerprint density at radius 3 is 2.79 bits per heavy atom. The van der Waals surface area contributed by atoms with E-state index in [0.29, 0.717) is 18.1 Å². The molecular formula is C21H18ClN3O2S. The van der Waals surface area contributed by atoms with E-state index >= 15 is 0 Å². The van der Waals surface area contributed by atoms with Gasteiger partial charge in [-0.25, -0.2) is 4.98 Å². The Hall–Kier alpha value is -2.70. The van der Waals surface area contributed by atoms with Crippen molar-refractivity contribution in [1.82, 2.24) is 14.9 Å². The molecule has 0 aliphatic heterocycles. The number of thioether (sulfide) groups is 1. The van der Waals surface area contributed by atoms with Crippen molar-refractivity contribution in [2.45, 2.75) is 18.2 Å². The van der Waals surface area contributed by atoms with Gasteiger partial charge in [-0.2, -0.15) is 0 Å². The van der Waals surface area contributed by atoms with Crippen LogP contribution >= 0.6 is 23.4 Å². The Morgan fingerprint density at radius 1 is 1.14 bits per heavy atom. The van der Waals surface area contributed by atoms with Gasteiger partial charge < -0.3 is 14.3 Å². The summed E-state index contributed by atoms with van der Waals surface area (Å²) in [4.78, 5) is 16.9. The summed E-state index contributed by atoms with van der Waals surface area (Å²) < 4.78 is 7.35. The molecule has 0 saturated heterocycles. The lowest BCUT2D eigenvalue weighted by atomic mass is 10.2. The summed E-state index contributed by atoms with van der Waals surface area (Å²) >= 11 is 7.54. The summed E-state index contributed by atoms with van der Waals surface area (Å²) in [6, 6.07) is 19.5. The molecular weight excluding hydrogens is 394 g/mol. The lowest BCUT2D eigenvalue weighted by Gasteiger charge is -2.09. The number of amides is 1. The summed E-state index contributed by atoms with van der Waals surface area (Å²) in [5.74, 6) is 0.925. The van der Waals surface area contributed by atoms with Crippen LogP contribution in [0.15, 0.2) is 76.5 Å². The number of benzene rings is 2. The molecule has 0 aliphatic rings. The van der Waals surface area contributed by atoms with Gasteiger partial charge in [0.1, 0.15) is 5.76 Å². The maximum Gasteiger partial charge on any atom is 0.230 e. The maximum absolute atomic E-state index is 12.2. The van der Waals surface area contributed by atoms with Crippen LogP contribution < -0.4 is 5.32 Å². The molecule has 0 spiro atoms. The molecule has 5 nitrogen and oxygen atoms in total. The molecule has 7 heteroatoms. The van der Waals surface area contributed by atoms with E-state index in [0.717, 1.165) is 22.0 Å². The highest BCUT2D eigenvalue weighted by Gasteiger charge is 2.14. The fourth-order valence-electron chi connectivity index (χ4n) is 2.89. The number of carbonyl (C=O) groups is 1. The number of nitrogens with one attached hydrogen (secondary N) is 1. The molecule has 1 amide bonds. The van der Waals surface area contributed by atoms with E-state index in [9.17, 15) is 4.79 Å².